The van der Waals surface area contributed by atoms with E-state index in [1.165, 1.54) is 27.1 Å². The molecule has 0 bridgehead atoms. The SMILES string of the molecule is Cc1cc2ccc3ccccc3c2[cH-]1.[CH3-].[CH3-].[Zr+3]. The topological polar surface area (TPSA) is 0 Å². The number of rotatable bonds is 0. The van der Waals surface area contributed by atoms with E-state index in [-0.39, 0.29) is 41.1 Å². The first-order valence-corrected chi connectivity index (χ1v) is 4.89. The van der Waals surface area contributed by atoms with Gasteiger partial charge in [-0.2, -0.15) is 6.07 Å². The molecule has 0 aliphatic carbocycles. The first-order chi connectivity index (χ1) is 6.84. The maximum absolute atomic E-state index is 2.26. The molecule has 0 unspecified atom stereocenters. The van der Waals surface area contributed by atoms with Crippen LogP contribution in [0.4, 0.5) is 0 Å². The van der Waals surface area contributed by atoms with E-state index >= 15 is 0 Å². The molecule has 17 heavy (non-hydrogen) atoms. The third-order valence-corrected chi connectivity index (χ3v) is 2.76. The molecule has 0 amide bonds. The van der Waals surface area contributed by atoms with Crippen molar-refractivity contribution in [2.75, 3.05) is 0 Å². The van der Waals surface area contributed by atoms with Gasteiger partial charge in [-0.3, -0.25) is 0 Å². The normalized spacial score (nSPS) is 9.24. The fourth-order valence-corrected chi connectivity index (χ4v) is 2.11. The van der Waals surface area contributed by atoms with E-state index in [0.29, 0.717) is 0 Å². The van der Waals surface area contributed by atoms with Gasteiger partial charge in [0, 0.05) is 0 Å². The summed E-state index contributed by atoms with van der Waals surface area (Å²) < 4.78 is 0. The summed E-state index contributed by atoms with van der Waals surface area (Å²) in [7, 11) is 0. The molecule has 0 aromatic heterocycles. The van der Waals surface area contributed by atoms with Crippen molar-refractivity contribution in [2.45, 2.75) is 6.92 Å². The van der Waals surface area contributed by atoms with Crippen LogP contribution < -0.4 is 0 Å². The Labute approximate surface area is 123 Å². The third kappa shape index (κ3) is 2.72. The zero-order valence-electron chi connectivity index (χ0n) is 10.6. The Bertz CT molecular complexity index is 605. The maximum atomic E-state index is 2.26. The van der Waals surface area contributed by atoms with Crippen LogP contribution >= 0.6 is 0 Å². The predicted octanol–water partition coefficient (Wildman–Crippen LogP) is 4.92. The number of hydrogen-bond acceptors (Lipinski definition) is 0. The Balaban J connectivity index is 0.000000853. The number of hydrogen-bond donors (Lipinski definition) is 0. The molecule has 3 rings (SSSR count). The van der Waals surface area contributed by atoms with Gasteiger partial charge in [0.25, 0.3) is 0 Å². The smallest absolute Gasteiger partial charge is 0.358 e. The second kappa shape index (κ2) is 6.21. The predicted molar refractivity (Wildman–Crippen MR) is 74.6 cm³/mol. The van der Waals surface area contributed by atoms with Gasteiger partial charge in [-0.15, -0.1) is 28.5 Å². The summed E-state index contributed by atoms with van der Waals surface area (Å²) in [5.74, 6) is 0. The van der Waals surface area contributed by atoms with Crippen LogP contribution in [0, 0.1) is 21.8 Å². The van der Waals surface area contributed by atoms with Gasteiger partial charge in [0.2, 0.25) is 0 Å². The van der Waals surface area contributed by atoms with Crippen molar-refractivity contribution >= 4 is 21.5 Å². The van der Waals surface area contributed by atoms with Crippen LogP contribution in [0.3, 0.4) is 0 Å². The summed E-state index contributed by atoms with van der Waals surface area (Å²) in [6, 6.07) is 17.4. The molecule has 0 aliphatic heterocycles. The van der Waals surface area contributed by atoms with E-state index in [9.17, 15) is 0 Å². The molecule has 0 fully saturated rings. The Morgan fingerprint density at radius 3 is 2.29 bits per heavy atom. The van der Waals surface area contributed by atoms with Gasteiger partial charge in [0.05, 0.1) is 0 Å². The first kappa shape index (κ1) is 16.2. The Kier molecular flexibility index (Phi) is 5.92. The van der Waals surface area contributed by atoms with Crippen LogP contribution in [0.2, 0.25) is 0 Å². The fourth-order valence-electron chi connectivity index (χ4n) is 2.11. The van der Waals surface area contributed by atoms with Crippen LogP contribution in [-0.4, -0.2) is 0 Å². The molecule has 0 atom stereocenters. The molecule has 0 heterocycles. The molecule has 0 saturated carbocycles. The van der Waals surface area contributed by atoms with Crippen molar-refractivity contribution in [3.63, 3.8) is 0 Å². The van der Waals surface area contributed by atoms with Crippen molar-refractivity contribution in [2.24, 2.45) is 0 Å². The number of fused-ring (bicyclic) bond motifs is 3. The first-order valence-electron chi connectivity index (χ1n) is 4.89. The van der Waals surface area contributed by atoms with Gasteiger partial charge in [-0.05, 0) is 0 Å². The van der Waals surface area contributed by atoms with E-state index in [1.54, 1.807) is 0 Å². The molecule has 0 N–H and O–H groups in total. The van der Waals surface area contributed by atoms with E-state index in [4.69, 9.17) is 0 Å². The summed E-state index contributed by atoms with van der Waals surface area (Å²) >= 11 is 0. The molecule has 0 nitrogen and oxygen atoms in total. The number of aryl methyl sites for hydroxylation is 1. The Hall–Kier alpha value is -0.807. The Morgan fingerprint density at radius 1 is 0.882 bits per heavy atom. The van der Waals surface area contributed by atoms with Crippen molar-refractivity contribution < 1.29 is 26.2 Å². The molecule has 3 aromatic rings. The molecule has 85 valence electrons. The summed E-state index contributed by atoms with van der Waals surface area (Å²) in [4.78, 5) is 0. The summed E-state index contributed by atoms with van der Waals surface area (Å²) in [5, 5.41) is 5.41. The minimum absolute atomic E-state index is 0. The van der Waals surface area contributed by atoms with Gasteiger partial charge in [-0.1, -0.05) is 48.0 Å². The summed E-state index contributed by atoms with van der Waals surface area (Å²) in [6.45, 7) is 2.15. The van der Waals surface area contributed by atoms with Gasteiger partial charge in [-0.25, -0.2) is 0 Å². The zero-order chi connectivity index (χ0) is 9.54. The van der Waals surface area contributed by atoms with Gasteiger partial charge in [0.1, 0.15) is 0 Å². The second-order valence-corrected chi connectivity index (χ2v) is 3.82. The van der Waals surface area contributed by atoms with E-state index < -0.39 is 0 Å². The van der Waals surface area contributed by atoms with Crippen LogP contribution in [0.5, 0.6) is 0 Å². The van der Waals surface area contributed by atoms with Crippen molar-refractivity contribution in [1.29, 1.82) is 0 Å². The molecular weight excluding hydrogens is 283 g/mol. The Morgan fingerprint density at radius 2 is 1.53 bits per heavy atom. The van der Waals surface area contributed by atoms with Crippen molar-refractivity contribution in [1.82, 2.24) is 0 Å². The molecule has 1 heteroatoms. The quantitative estimate of drug-likeness (QED) is 0.517. The minimum Gasteiger partial charge on any atom is -0.358 e. The molecule has 1 radical (unpaired) electrons. The molecule has 0 aliphatic rings. The molecule has 0 spiro atoms. The van der Waals surface area contributed by atoms with Crippen LogP contribution in [0.1, 0.15) is 5.56 Å². The van der Waals surface area contributed by atoms with Gasteiger partial charge >= 0.3 is 26.2 Å². The molecule has 3 aromatic carbocycles. The monoisotopic (exact) mass is 299 g/mol. The van der Waals surface area contributed by atoms with Crippen LogP contribution in [0.25, 0.3) is 21.5 Å². The molecule has 0 saturated heterocycles. The van der Waals surface area contributed by atoms with E-state index in [2.05, 4.69) is 55.5 Å². The van der Waals surface area contributed by atoms with E-state index in [0.717, 1.165) is 0 Å². The summed E-state index contributed by atoms with van der Waals surface area (Å²) in [5.41, 5.74) is 1.34. The van der Waals surface area contributed by atoms with E-state index in [1.807, 2.05) is 0 Å². The van der Waals surface area contributed by atoms with Crippen LogP contribution in [-0.2, 0) is 26.2 Å². The average Bonchev–Trinajstić information content (AvgIpc) is 2.59. The van der Waals surface area contributed by atoms with Gasteiger partial charge in [0.15, 0.2) is 0 Å². The molecular formula is C16H17Zr. The van der Waals surface area contributed by atoms with Crippen molar-refractivity contribution in [3.05, 3.63) is 68.9 Å². The van der Waals surface area contributed by atoms with Gasteiger partial charge < -0.3 is 14.9 Å². The largest absolute Gasteiger partial charge is 3.00 e. The number of benzene rings is 2. The fraction of sp³-hybridized carbons (Fsp3) is 0.0625. The average molecular weight is 301 g/mol. The standard InChI is InChI=1S/C14H11.2CH3.Zr/c1-10-8-12-7-6-11-4-2-3-5-13(11)14(12)9-10;;;/h2-9H,1H3;2*1H3;/q3*-1;+3. The minimum atomic E-state index is 0. The maximum Gasteiger partial charge on any atom is 3.00 e. The van der Waals surface area contributed by atoms with Crippen molar-refractivity contribution in [3.8, 4) is 0 Å². The summed E-state index contributed by atoms with van der Waals surface area (Å²) in [6.07, 6.45) is 0. The van der Waals surface area contributed by atoms with Crippen LogP contribution in [0.15, 0.2) is 48.5 Å². The zero-order valence-corrected chi connectivity index (χ0v) is 13.1. The second-order valence-electron chi connectivity index (χ2n) is 3.82. The third-order valence-electron chi connectivity index (χ3n) is 2.76.